The molecule has 1 atom stereocenters. The van der Waals surface area contributed by atoms with Crippen LogP contribution in [0.15, 0.2) is 30.6 Å². The highest BCUT2D eigenvalue weighted by atomic mass is 15.1. The number of aromatic nitrogens is 2. The van der Waals surface area contributed by atoms with Crippen LogP contribution in [0.5, 0.6) is 0 Å². The molecule has 1 unspecified atom stereocenters. The molecule has 0 saturated heterocycles. The Bertz CT molecular complexity index is 528. The number of nitrogens with zero attached hydrogens (tertiary/aromatic N) is 2. The zero-order valence-electron chi connectivity index (χ0n) is 11.4. The van der Waals surface area contributed by atoms with Crippen LogP contribution < -0.4 is 5.73 Å². The SMILES string of the molecule is CCCn1ccnc1C(N)c1ccc(C)c(C)c1. The van der Waals surface area contributed by atoms with Crippen LogP contribution in [-0.4, -0.2) is 9.55 Å². The van der Waals surface area contributed by atoms with E-state index in [1.807, 2.05) is 12.4 Å². The Kier molecular flexibility index (Phi) is 3.82. The molecule has 3 nitrogen and oxygen atoms in total. The zero-order chi connectivity index (χ0) is 13.1. The first-order valence-corrected chi connectivity index (χ1v) is 6.47. The summed E-state index contributed by atoms with van der Waals surface area (Å²) in [6.07, 6.45) is 4.91. The molecule has 0 fully saturated rings. The van der Waals surface area contributed by atoms with Crippen molar-refractivity contribution in [1.29, 1.82) is 0 Å². The Morgan fingerprint density at radius 2 is 2.06 bits per heavy atom. The van der Waals surface area contributed by atoms with Gasteiger partial charge in [0.1, 0.15) is 5.82 Å². The maximum Gasteiger partial charge on any atom is 0.130 e. The lowest BCUT2D eigenvalue weighted by atomic mass is 10.0. The average Bonchev–Trinajstić information content (AvgIpc) is 2.80. The summed E-state index contributed by atoms with van der Waals surface area (Å²) in [5, 5.41) is 0. The molecule has 0 aliphatic heterocycles. The number of hydrogen-bond donors (Lipinski definition) is 1. The summed E-state index contributed by atoms with van der Waals surface area (Å²) >= 11 is 0. The van der Waals surface area contributed by atoms with Crippen LogP contribution >= 0.6 is 0 Å². The number of rotatable bonds is 4. The lowest BCUT2D eigenvalue weighted by Crippen LogP contribution is -2.18. The second-order valence-electron chi connectivity index (χ2n) is 4.80. The summed E-state index contributed by atoms with van der Waals surface area (Å²) in [4.78, 5) is 4.40. The van der Waals surface area contributed by atoms with Gasteiger partial charge in [-0.05, 0) is 37.0 Å². The average molecular weight is 243 g/mol. The van der Waals surface area contributed by atoms with Gasteiger partial charge in [-0.2, -0.15) is 0 Å². The molecule has 1 aromatic carbocycles. The van der Waals surface area contributed by atoms with Gasteiger partial charge in [0.15, 0.2) is 0 Å². The van der Waals surface area contributed by atoms with E-state index in [4.69, 9.17) is 5.73 Å². The van der Waals surface area contributed by atoms with Gasteiger partial charge in [-0.25, -0.2) is 4.98 Å². The van der Waals surface area contributed by atoms with Crippen LogP contribution in [0.2, 0.25) is 0 Å². The molecule has 2 rings (SSSR count). The van der Waals surface area contributed by atoms with E-state index in [2.05, 4.69) is 48.5 Å². The normalized spacial score (nSPS) is 12.7. The van der Waals surface area contributed by atoms with Crippen molar-refractivity contribution in [2.24, 2.45) is 5.73 Å². The molecule has 3 heteroatoms. The molecule has 2 aromatic rings. The molecule has 0 aliphatic rings. The van der Waals surface area contributed by atoms with Gasteiger partial charge >= 0.3 is 0 Å². The van der Waals surface area contributed by atoms with E-state index in [0.717, 1.165) is 24.4 Å². The fraction of sp³-hybridized carbons (Fsp3) is 0.400. The molecule has 0 aliphatic carbocycles. The molecule has 96 valence electrons. The molecule has 1 heterocycles. The Balaban J connectivity index is 2.32. The second kappa shape index (κ2) is 5.36. The summed E-state index contributed by atoms with van der Waals surface area (Å²) in [7, 11) is 0. The van der Waals surface area contributed by atoms with E-state index in [1.54, 1.807) is 0 Å². The van der Waals surface area contributed by atoms with Crippen LogP contribution in [0.1, 0.15) is 41.9 Å². The van der Waals surface area contributed by atoms with Crippen molar-refractivity contribution in [3.63, 3.8) is 0 Å². The third kappa shape index (κ3) is 2.46. The van der Waals surface area contributed by atoms with Gasteiger partial charge in [-0.1, -0.05) is 25.1 Å². The van der Waals surface area contributed by atoms with E-state index in [9.17, 15) is 0 Å². The number of hydrogen-bond acceptors (Lipinski definition) is 2. The minimum atomic E-state index is -0.147. The smallest absolute Gasteiger partial charge is 0.130 e. The molecule has 2 N–H and O–H groups in total. The summed E-state index contributed by atoms with van der Waals surface area (Å²) < 4.78 is 2.14. The molecule has 0 amide bonds. The van der Waals surface area contributed by atoms with Gasteiger partial charge < -0.3 is 10.3 Å². The first kappa shape index (κ1) is 12.8. The molecular weight excluding hydrogens is 222 g/mol. The number of imidazole rings is 1. The summed E-state index contributed by atoms with van der Waals surface area (Å²) in [6.45, 7) is 7.35. The Hall–Kier alpha value is -1.61. The third-order valence-corrected chi connectivity index (χ3v) is 3.38. The predicted octanol–water partition coefficient (Wildman–Crippen LogP) is 2.96. The van der Waals surface area contributed by atoms with Crippen molar-refractivity contribution >= 4 is 0 Å². The van der Waals surface area contributed by atoms with Crippen LogP contribution in [0, 0.1) is 13.8 Å². The highest BCUT2D eigenvalue weighted by Gasteiger charge is 2.14. The van der Waals surface area contributed by atoms with Gasteiger partial charge in [0.05, 0.1) is 6.04 Å². The van der Waals surface area contributed by atoms with E-state index in [0.29, 0.717) is 0 Å². The van der Waals surface area contributed by atoms with Crippen LogP contribution in [0.3, 0.4) is 0 Å². The number of benzene rings is 1. The van der Waals surface area contributed by atoms with Crippen molar-refractivity contribution in [3.8, 4) is 0 Å². The van der Waals surface area contributed by atoms with Crippen molar-refractivity contribution in [1.82, 2.24) is 9.55 Å². The van der Waals surface area contributed by atoms with E-state index < -0.39 is 0 Å². The maximum atomic E-state index is 6.33. The van der Waals surface area contributed by atoms with Gasteiger partial charge in [0.25, 0.3) is 0 Å². The van der Waals surface area contributed by atoms with Gasteiger partial charge in [-0.3, -0.25) is 0 Å². The van der Waals surface area contributed by atoms with Crippen LogP contribution in [0.4, 0.5) is 0 Å². The molecular formula is C15H21N3. The molecule has 0 radical (unpaired) electrons. The summed E-state index contributed by atoms with van der Waals surface area (Å²) in [5.41, 5.74) is 10.0. The van der Waals surface area contributed by atoms with Gasteiger partial charge in [0.2, 0.25) is 0 Å². The highest BCUT2D eigenvalue weighted by Crippen LogP contribution is 2.21. The Morgan fingerprint density at radius 1 is 1.28 bits per heavy atom. The fourth-order valence-corrected chi connectivity index (χ4v) is 2.14. The van der Waals surface area contributed by atoms with Crippen molar-refractivity contribution in [3.05, 3.63) is 53.1 Å². The molecule has 1 aromatic heterocycles. The molecule has 0 bridgehead atoms. The lowest BCUT2D eigenvalue weighted by molar-refractivity contribution is 0.612. The van der Waals surface area contributed by atoms with Crippen molar-refractivity contribution in [2.45, 2.75) is 39.8 Å². The van der Waals surface area contributed by atoms with Crippen molar-refractivity contribution in [2.75, 3.05) is 0 Å². The summed E-state index contributed by atoms with van der Waals surface area (Å²) in [5.74, 6) is 0.945. The predicted molar refractivity (Wildman–Crippen MR) is 74.5 cm³/mol. The third-order valence-electron chi connectivity index (χ3n) is 3.38. The minimum Gasteiger partial charge on any atom is -0.333 e. The fourth-order valence-electron chi connectivity index (χ4n) is 2.14. The highest BCUT2D eigenvalue weighted by molar-refractivity contribution is 5.34. The minimum absolute atomic E-state index is 0.147. The number of aryl methyl sites for hydroxylation is 3. The van der Waals surface area contributed by atoms with E-state index >= 15 is 0 Å². The molecule has 0 saturated carbocycles. The number of nitrogens with two attached hydrogens (primary N) is 1. The van der Waals surface area contributed by atoms with Crippen molar-refractivity contribution < 1.29 is 0 Å². The lowest BCUT2D eigenvalue weighted by Gasteiger charge is -2.15. The molecule has 0 spiro atoms. The standard InChI is InChI=1S/C15H21N3/c1-4-8-18-9-7-17-15(18)14(16)13-6-5-11(2)12(3)10-13/h5-7,9-10,14H,4,8,16H2,1-3H3. The molecule has 18 heavy (non-hydrogen) atoms. The van der Waals surface area contributed by atoms with E-state index in [1.165, 1.54) is 11.1 Å². The maximum absolute atomic E-state index is 6.33. The van der Waals surface area contributed by atoms with Crippen LogP contribution in [0.25, 0.3) is 0 Å². The first-order chi connectivity index (χ1) is 8.63. The topological polar surface area (TPSA) is 43.8 Å². The van der Waals surface area contributed by atoms with Gasteiger partial charge in [0, 0.05) is 18.9 Å². The first-order valence-electron chi connectivity index (χ1n) is 6.47. The quantitative estimate of drug-likeness (QED) is 0.897. The largest absolute Gasteiger partial charge is 0.333 e. The zero-order valence-corrected chi connectivity index (χ0v) is 11.4. The monoisotopic (exact) mass is 243 g/mol. The van der Waals surface area contributed by atoms with E-state index in [-0.39, 0.29) is 6.04 Å². The van der Waals surface area contributed by atoms with Gasteiger partial charge in [-0.15, -0.1) is 0 Å². The Morgan fingerprint density at radius 3 is 2.72 bits per heavy atom. The van der Waals surface area contributed by atoms with Crippen LogP contribution in [-0.2, 0) is 6.54 Å². The summed E-state index contributed by atoms with van der Waals surface area (Å²) in [6, 6.07) is 6.23. The Labute approximate surface area is 109 Å². The second-order valence-corrected chi connectivity index (χ2v) is 4.80.